The van der Waals surface area contributed by atoms with Crippen LogP contribution in [0.15, 0.2) is 29.1 Å². The van der Waals surface area contributed by atoms with Gasteiger partial charge in [0.1, 0.15) is 0 Å². The van der Waals surface area contributed by atoms with Gasteiger partial charge in [0, 0.05) is 29.6 Å². The highest BCUT2D eigenvalue weighted by Crippen LogP contribution is 2.50. The van der Waals surface area contributed by atoms with Crippen LogP contribution in [0.25, 0.3) is 11.1 Å². The number of methoxy groups -OCH3 is 3. The summed E-state index contributed by atoms with van der Waals surface area (Å²) in [5.41, 5.74) is 3.74. The molecule has 3 N–H and O–H groups in total. The maximum Gasteiger partial charge on any atom is 0.217 e. The number of carbonyl (C=O) groups is 1. The largest absolute Gasteiger partial charge is 0.493 e. The first-order chi connectivity index (χ1) is 17.9. The lowest BCUT2D eigenvalue weighted by atomic mass is 9.79. The fraction of sp³-hybridized carbons (Fsp3) is 0.533. The average molecular weight is 524 g/mol. The summed E-state index contributed by atoms with van der Waals surface area (Å²) in [6.45, 7) is 10.3. The molecule has 38 heavy (non-hydrogen) atoms. The average Bonchev–Trinajstić information content (AvgIpc) is 3.05. The van der Waals surface area contributed by atoms with Gasteiger partial charge in [-0.1, -0.05) is 6.07 Å². The van der Waals surface area contributed by atoms with Gasteiger partial charge in [0.05, 0.1) is 33.1 Å². The second kappa shape index (κ2) is 10.5. The Morgan fingerprint density at radius 3 is 2.21 bits per heavy atom. The first kappa shape index (κ1) is 27.8. The standard InChI is InChI=1S/C30H41N3O5/c1-17(34)31-22-11-9-18-13-25(36-6)27(37-7)28(38-8)26(18)20-10-12-23(24(35)14-21(20)22)32-19-15-29(2,3)33-30(4,5)16-19/h10,12-14,19,22,33H,9,11,15-16H2,1-8H3,(H,31,34)(H,32,35). The third kappa shape index (κ3) is 5.60. The molecule has 0 bridgehead atoms. The van der Waals surface area contributed by atoms with Crippen LogP contribution in [0.2, 0.25) is 0 Å². The van der Waals surface area contributed by atoms with Gasteiger partial charge in [-0.2, -0.15) is 0 Å². The van der Waals surface area contributed by atoms with Crippen molar-refractivity contribution in [2.24, 2.45) is 0 Å². The third-order valence-corrected chi connectivity index (χ3v) is 7.47. The van der Waals surface area contributed by atoms with Crippen LogP contribution in [0.4, 0.5) is 5.69 Å². The molecule has 1 aliphatic heterocycles. The van der Waals surface area contributed by atoms with E-state index < -0.39 is 0 Å². The molecule has 1 heterocycles. The normalized spacial score (nSPS) is 19.8. The van der Waals surface area contributed by atoms with Crippen molar-refractivity contribution in [2.45, 2.75) is 83.5 Å². The highest BCUT2D eigenvalue weighted by molar-refractivity contribution is 5.83. The van der Waals surface area contributed by atoms with Crippen molar-refractivity contribution in [1.82, 2.24) is 10.6 Å². The molecule has 2 aromatic rings. The van der Waals surface area contributed by atoms with E-state index in [1.54, 1.807) is 27.4 Å². The van der Waals surface area contributed by atoms with Crippen LogP contribution in [0.1, 0.15) is 71.0 Å². The zero-order valence-corrected chi connectivity index (χ0v) is 23.8. The maximum absolute atomic E-state index is 13.7. The first-order valence-corrected chi connectivity index (χ1v) is 13.2. The molecule has 2 aliphatic rings. The van der Waals surface area contributed by atoms with E-state index >= 15 is 0 Å². The van der Waals surface area contributed by atoms with Crippen molar-refractivity contribution in [2.75, 3.05) is 26.6 Å². The van der Waals surface area contributed by atoms with Crippen LogP contribution in [0.5, 0.6) is 17.2 Å². The highest BCUT2D eigenvalue weighted by Gasteiger charge is 2.38. The number of piperidine rings is 1. The molecule has 0 aromatic heterocycles. The van der Waals surface area contributed by atoms with Gasteiger partial charge in [-0.15, -0.1) is 0 Å². The molecule has 1 unspecified atom stereocenters. The number of aryl methyl sites for hydroxylation is 1. The molecule has 1 fully saturated rings. The second-order valence-electron chi connectivity index (χ2n) is 11.7. The van der Waals surface area contributed by atoms with Crippen LogP contribution in [0.3, 0.4) is 0 Å². The summed E-state index contributed by atoms with van der Waals surface area (Å²) >= 11 is 0. The minimum Gasteiger partial charge on any atom is -0.493 e. The Balaban J connectivity index is 1.90. The Hall–Kier alpha value is -3.26. The summed E-state index contributed by atoms with van der Waals surface area (Å²) in [7, 11) is 4.78. The summed E-state index contributed by atoms with van der Waals surface area (Å²) in [4.78, 5) is 25.8. The second-order valence-corrected chi connectivity index (χ2v) is 11.7. The summed E-state index contributed by atoms with van der Waals surface area (Å²) in [5, 5.41) is 10.3. The Bertz CT molecular complexity index is 1270. The van der Waals surface area contributed by atoms with Gasteiger partial charge < -0.3 is 30.2 Å². The molecular weight excluding hydrogens is 482 g/mol. The Labute approximate surface area is 225 Å². The number of rotatable bonds is 6. The molecular formula is C30H41N3O5. The highest BCUT2D eigenvalue weighted by atomic mass is 16.5. The minimum absolute atomic E-state index is 0.0605. The summed E-state index contributed by atoms with van der Waals surface area (Å²) in [5.74, 6) is 1.46. The number of hydrogen-bond donors (Lipinski definition) is 3. The molecule has 1 saturated heterocycles. The molecule has 4 rings (SSSR count). The summed E-state index contributed by atoms with van der Waals surface area (Å²) < 4.78 is 17.2. The number of hydrogen-bond acceptors (Lipinski definition) is 7. The molecule has 0 spiro atoms. The third-order valence-electron chi connectivity index (χ3n) is 7.47. The van der Waals surface area contributed by atoms with E-state index in [0.29, 0.717) is 35.8 Å². The summed E-state index contributed by atoms with van der Waals surface area (Å²) in [6.07, 6.45) is 3.06. The molecule has 8 heteroatoms. The zero-order valence-electron chi connectivity index (χ0n) is 23.8. The molecule has 0 saturated carbocycles. The van der Waals surface area contributed by atoms with Crippen LogP contribution in [-0.4, -0.2) is 44.4 Å². The van der Waals surface area contributed by atoms with E-state index in [4.69, 9.17) is 14.2 Å². The first-order valence-electron chi connectivity index (χ1n) is 13.2. The van der Waals surface area contributed by atoms with Crippen molar-refractivity contribution in [3.63, 3.8) is 0 Å². The molecule has 0 radical (unpaired) electrons. The smallest absolute Gasteiger partial charge is 0.217 e. The van der Waals surface area contributed by atoms with Crippen molar-refractivity contribution >= 4 is 11.6 Å². The lowest BCUT2D eigenvalue weighted by molar-refractivity contribution is -0.119. The van der Waals surface area contributed by atoms with E-state index in [0.717, 1.165) is 35.1 Å². The van der Waals surface area contributed by atoms with Gasteiger partial charge in [-0.25, -0.2) is 0 Å². The fourth-order valence-electron chi connectivity index (χ4n) is 6.47. The van der Waals surface area contributed by atoms with E-state index in [2.05, 4.69) is 43.6 Å². The zero-order chi connectivity index (χ0) is 27.8. The van der Waals surface area contributed by atoms with E-state index in [1.165, 1.54) is 6.92 Å². The van der Waals surface area contributed by atoms with Gasteiger partial charge in [0.15, 0.2) is 11.5 Å². The Kier molecular flexibility index (Phi) is 7.66. The predicted octanol–water partition coefficient (Wildman–Crippen LogP) is 4.58. The van der Waals surface area contributed by atoms with Crippen LogP contribution < -0.4 is 35.6 Å². The lowest BCUT2D eigenvalue weighted by Gasteiger charge is -2.46. The molecule has 8 nitrogen and oxygen atoms in total. The number of fused-ring (bicyclic) bond motifs is 3. The monoisotopic (exact) mass is 523 g/mol. The molecule has 2 aromatic carbocycles. The number of carbonyl (C=O) groups excluding carboxylic acids is 1. The minimum atomic E-state index is -0.332. The van der Waals surface area contributed by atoms with Gasteiger partial charge in [-0.05, 0) is 88.3 Å². The number of benzene rings is 1. The lowest BCUT2D eigenvalue weighted by Crippen LogP contribution is -2.60. The van der Waals surface area contributed by atoms with Gasteiger partial charge >= 0.3 is 0 Å². The van der Waals surface area contributed by atoms with Gasteiger partial charge in [0.25, 0.3) is 0 Å². The molecule has 1 aliphatic carbocycles. The van der Waals surface area contributed by atoms with E-state index in [-0.39, 0.29) is 34.5 Å². The Morgan fingerprint density at radius 2 is 1.63 bits per heavy atom. The van der Waals surface area contributed by atoms with Crippen molar-refractivity contribution < 1.29 is 19.0 Å². The van der Waals surface area contributed by atoms with E-state index in [9.17, 15) is 9.59 Å². The van der Waals surface area contributed by atoms with Gasteiger partial charge in [0.2, 0.25) is 17.1 Å². The summed E-state index contributed by atoms with van der Waals surface area (Å²) in [6, 6.07) is 7.25. The fourth-order valence-corrected chi connectivity index (χ4v) is 6.47. The number of ether oxygens (including phenoxy) is 3. The number of nitrogens with one attached hydrogen (secondary N) is 3. The molecule has 206 valence electrons. The maximum atomic E-state index is 13.7. The topological polar surface area (TPSA) is 97.9 Å². The number of anilines is 1. The van der Waals surface area contributed by atoms with Crippen molar-refractivity contribution in [3.05, 3.63) is 45.6 Å². The van der Waals surface area contributed by atoms with E-state index in [1.807, 2.05) is 18.2 Å². The van der Waals surface area contributed by atoms with Crippen LogP contribution in [0, 0.1) is 0 Å². The van der Waals surface area contributed by atoms with Crippen molar-refractivity contribution in [3.8, 4) is 28.4 Å². The van der Waals surface area contributed by atoms with Crippen LogP contribution >= 0.6 is 0 Å². The predicted molar refractivity (Wildman–Crippen MR) is 151 cm³/mol. The molecule has 1 amide bonds. The number of amides is 1. The van der Waals surface area contributed by atoms with Crippen LogP contribution in [-0.2, 0) is 11.2 Å². The van der Waals surface area contributed by atoms with Gasteiger partial charge in [-0.3, -0.25) is 9.59 Å². The Morgan fingerprint density at radius 1 is 0.974 bits per heavy atom. The quantitative estimate of drug-likeness (QED) is 0.510. The molecule has 1 atom stereocenters. The van der Waals surface area contributed by atoms with Crippen molar-refractivity contribution in [1.29, 1.82) is 0 Å². The SMILES string of the molecule is COc1cc2c(c(OC)c1OC)-c1ccc(NC3CC(C)(C)NC(C)(C)C3)c(=O)cc1C(NC(C)=O)CC2.